The first-order chi connectivity index (χ1) is 18.0. The maximum absolute atomic E-state index is 2.34. The molecule has 6 aromatic rings. The minimum Gasteiger partial charge on any atom is -0.134 e. The summed E-state index contributed by atoms with van der Waals surface area (Å²) in [4.78, 5) is 2.67. The Morgan fingerprint density at radius 1 is 0.459 bits per heavy atom. The lowest BCUT2D eigenvalue weighted by Gasteiger charge is -2.25. The molecule has 1 heterocycles. The van der Waals surface area contributed by atoms with E-state index in [4.69, 9.17) is 0 Å². The van der Waals surface area contributed by atoms with Gasteiger partial charge in [0, 0.05) is 26.1 Å². The number of thiophene rings is 1. The van der Waals surface area contributed by atoms with E-state index in [9.17, 15) is 0 Å². The lowest BCUT2D eigenvalue weighted by Crippen LogP contribution is -2.13. The Morgan fingerprint density at radius 2 is 1.00 bits per heavy atom. The Bertz CT molecular complexity index is 1680. The van der Waals surface area contributed by atoms with Crippen LogP contribution in [-0.2, 0) is 5.41 Å². The van der Waals surface area contributed by atoms with Crippen LogP contribution in [0.3, 0.4) is 0 Å². The summed E-state index contributed by atoms with van der Waals surface area (Å²) in [6.07, 6.45) is 0. The lowest BCUT2D eigenvalue weighted by atomic mass is 9.80. The fourth-order valence-electron chi connectivity index (χ4n) is 5.24. The van der Waals surface area contributed by atoms with Gasteiger partial charge in [-0.2, -0.15) is 0 Å². The van der Waals surface area contributed by atoms with Crippen molar-refractivity contribution in [2.45, 2.75) is 26.2 Å². The smallest absolute Gasteiger partial charge is 0.0437 e. The van der Waals surface area contributed by atoms with Gasteiger partial charge in [0.15, 0.2) is 0 Å². The first-order valence-corrected chi connectivity index (χ1v) is 13.7. The highest BCUT2D eigenvalue weighted by Gasteiger charge is 2.25. The van der Waals surface area contributed by atoms with E-state index < -0.39 is 0 Å². The van der Waals surface area contributed by atoms with Gasteiger partial charge >= 0.3 is 0 Å². The van der Waals surface area contributed by atoms with Crippen molar-refractivity contribution >= 4 is 22.1 Å². The minimum absolute atomic E-state index is 0.0125. The molecule has 0 radical (unpaired) electrons. The summed E-state index contributed by atoms with van der Waals surface area (Å²) in [5.41, 5.74) is 9.06. The zero-order valence-corrected chi connectivity index (χ0v) is 22.3. The maximum atomic E-state index is 2.34. The van der Waals surface area contributed by atoms with Gasteiger partial charge in [-0.05, 0) is 44.9 Å². The average Bonchev–Trinajstić information content (AvgIpc) is 3.33. The molecule has 0 amide bonds. The van der Waals surface area contributed by atoms with Crippen LogP contribution < -0.4 is 0 Å². The van der Waals surface area contributed by atoms with E-state index in [1.54, 1.807) is 0 Å². The molecule has 37 heavy (non-hydrogen) atoms. The first kappa shape index (κ1) is 23.5. The molecule has 0 atom stereocenters. The van der Waals surface area contributed by atoms with Crippen LogP contribution in [0.15, 0.2) is 127 Å². The number of fused-ring (bicyclic) bond motifs is 1. The molecule has 0 saturated heterocycles. The molecule has 180 valence electrons. The molecule has 0 aliphatic rings. The minimum atomic E-state index is 0.0125. The third-order valence-corrected chi connectivity index (χ3v) is 8.32. The van der Waals surface area contributed by atoms with Gasteiger partial charge in [0.25, 0.3) is 0 Å². The van der Waals surface area contributed by atoms with Crippen LogP contribution in [0.5, 0.6) is 0 Å². The van der Waals surface area contributed by atoms with Crippen LogP contribution in [0.1, 0.15) is 26.3 Å². The predicted molar refractivity (Wildman–Crippen MR) is 162 cm³/mol. The van der Waals surface area contributed by atoms with E-state index in [1.807, 2.05) is 11.3 Å². The molecule has 1 heteroatoms. The molecule has 6 rings (SSSR count). The molecule has 0 N–H and O–H groups in total. The molecule has 0 bridgehead atoms. The van der Waals surface area contributed by atoms with Gasteiger partial charge < -0.3 is 0 Å². The molecule has 0 unspecified atom stereocenters. The van der Waals surface area contributed by atoms with Gasteiger partial charge in [0.05, 0.1) is 0 Å². The zero-order chi connectivity index (χ0) is 25.4. The molecule has 0 nitrogen and oxygen atoms in total. The Hall–Kier alpha value is -3.94. The molecular weight excluding hydrogens is 464 g/mol. The van der Waals surface area contributed by atoms with Crippen LogP contribution in [0, 0.1) is 0 Å². The van der Waals surface area contributed by atoms with E-state index in [1.165, 1.54) is 59.5 Å². The van der Waals surface area contributed by atoms with Gasteiger partial charge in [-0.3, -0.25) is 0 Å². The monoisotopic (exact) mass is 494 g/mol. The number of rotatable bonds is 4. The molecule has 0 spiro atoms. The van der Waals surface area contributed by atoms with Crippen molar-refractivity contribution in [3.05, 3.63) is 133 Å². The fraction of sp³-hybridized carbons (Fsp3) is 0.111. The first-order valence-electron chi connectivity index (χ1n) is 12.9. The van der Waals surface area contributed by atoms with Crippen molar-refractivity contribution in [1.29, 1.82) is 0 Å². The van der Waals surface area contributed by atoms with Gasteiger partial charge in [-0.25, -0.2) is 0 Å². The highest BCUT2D eigenvalue weighted by molar-refractivity contribution is 7.21. The largest absolute Gasteiger partial charge is 0.134 e. The molecular formula is C36H30S. The van der Waals surface area contributed by atoms with Crippen molar-refractivity contribution in [3.8, 4) is 43.1 Å². The number of benzene rings is 5. The summed E-state index contributed by atoms with van der Waals surface area (Å²) < 4.78 is 0. The van der Waals surface area contributed by atoms with Gasteiger partial charge in [-0.15, -0.1) is 11.3 Å². The third kappa shape index (κ3) is 4.41. The quantitative estimate of drug-likeness (QED) is 0.229. The average molecular weight is 495 g/mol. The second kappa shape index (κ2) is 9.50. The molecule has 0 aliphatic heterocycles. The SMILES string of the molecule is CC(C)(C)c1cccc(-c2ccccc2)c1-c1sc(-c2cccc(-c3ccccc3)c2)c2ccccc12. The van der Waals surface area contributed by atoms with Gasteiger partial charge in [0.2, 0.25) is 0 Å². The number of hydrogen-bond donors (Lipinski definition) is 0. The van der Waals surface area contributed by atoms with Crippen LogP contribution in [0.25, 0.3) is 53.9 Å². The molecule has 0 aliphatic carbocycles. The summed E-state index contributed by atoms with van der Waals surface area (Å²) >= 11 is 1.92. The molecule has 5 aromatic carbocycles. The van der Waals surface area contributed by atoms with E-state index in [-0.39, 0.29) is 5.41 Å². The lowest BCUT2D eigenvalue weighted by molar-refractivity contribution is 0.592. The van der Waals surface area contributed by atoms with E-state index in [0.717, 1.165) is 0 Å². The van der Waals surface area contributed by atoms with Gasteiger partial charge in [0.1, 0.15) is 0 Å². The maximum Gasteiger partial charge on any atom is 0.0437 e. The van der Waals surface area contributed by atoms with Crippen LogP contribution in [-0.4, -0.2) is 0 Å². The standard InChI is InChI=1S/C36H30S/c1-36(2,3)32-23-13-22-29(26-16-8-5-9-17-26)33(32)35-31-21-11-10-20-30(31)34(37-35)28-19-12-18-27(24-28)25-14-6-4-7-15-25/h4-24H,1-3H3. The Balaban J connectivity index is 1.63. The number of hydrogen-bond acceptors (Lipinski definition) is 1. The molecule has 0 saturated carbocycles. The predicted octanol–water partition coefficient (Wildman–Crippen LogP) is 10.9. The van der Waals surface area contributed by atoms with E-state index in [2.05, 4.69) is 148 Å². The van der Waals surface area contributed by atoms with Crippen molar-refractivity contribution in [3.63, 3.8) is 0 Å². The second-order valence-electron chi connectivity index (χ2n) is 10.6. The van der Waals surface area contributed by atoms with Crippen molar-refractivity contribution < 1.29 is 0 Å². The van der Waals surface area contributed by atoms with Crippen molar-refractivity contribution in [1.82, 2.24) is 0 Å². The summed E-state index contributed by atoms with van der Waals surface area (Å²) in [6.45, 7) is 6.96. The van der Waals surface area contributed by atoms with Crippen molar-refractivity contribution in [2.24, 2.45) is 0 Å². The second-order valence-corrected chi connectivity index (χ2v) is 11.6. The molecule has 0 fully saturated rings. The van der Waals surface area contributed by atoms with E-state index in [0.29, 0.717) is 0 Å². The topological polar surface area (TPSA) is 0 Å². The Labute approximate surface area is 223 Å². The fourth-order valence-corrected chi connectivity index (χ4v) is 6.59. The van der Waals surface area contributed by atoms with E-state index >= 15 is 0 Å². The van der Waals surface area contributed by atoms with Gasteiger partial charge in [-0.1, -0.05) is 142 Å². The summed E-state index contributed by atoms with van der Waals surface area (Å²) in [5, 5.41) is 2.64. The zero-order valence-electron chi connectivity index (χ0n) is 21.5. The van der Waals surface area contributed by atoms with Crippen molar-refractivity contribution in [2.75, 3.05) is 0 Å². The highest BCUT2D eigenvalue weighted by atomic mass is 32.1. The Morgan fingerprint density at radius 3 is 1.68 bits per heavy atom. The molecule has 1 aromatic heterocycles. The highest BCUT2D eigenvalue weighted by Crippen LogP contribution is 2.50. The normalized spacial score (nSPS) is 11.6. The van der Waals surface area contributed by atoms with Crippen LogP contribution >= 0.6 is 11.3 Å². The third-order valence-electron chi connectivity index (χ3n) is 7.04. The summed E-state index contributed by atoms with van der Waals surface area (Å²) in [7, 11) is 0. The summed E-state index contributed by atoms with van der Waals surface area (Å²) in [6, 6.07) is 46.2. The van der Waals surface area contributed by atoms with Crippen LogP contribution in [0.2, 0.25) is 0 Å². The van der Waals surface area contributed by atoms with Crippen LogP contribution in [0.4, 0.5) is 0 Å². The summed E-state index contributed by atoms with van der Waals surface area (Å²) in [5.74, 6) is 0. The Kier molecular flexibility index (Phi) is 6.02.